The van der Waals surface area contributed by atoms with Crippen molar-refractivity contribution in [2.75, 3.05) is 11.9 Å². The maximum Gasteiger partial charge on any atom is 0.268 e. The van der Waals surface area contributed by atoms with Crippen LogP contribution in [-0.2, 0) is 0 Å². The van der Waals surface area contributed by atoms with Crippen molar-refractivity contribution in [3.05, 3.63) is 69.7 Å². The fourth-order valence-electron chi connectivity index (χ4n) is 3.06. The SMILES string of the molecule is Cc1cccc(N(C)C(=O)c2cc3c(Cl)nc4ccc(C)cc4c3s2)c1. The number of aromatic nitrogens is 1. The Labute approximate surface area is 160 Å². The fraction of sp³-hybridized carbons (Fsp3) is 0.143. The molecule has 26 heavy (non-hydrogen) atoms. The predicted octanol–water partition coefficient (Wildman–Crippen LogP) is 6.00. The van der Waals surface area contributed by atoms with Gasteiger partial charge in [0, 0.05) is 28.2 Å². The average molecular weight is 381 g/mol. The zero-order valence-corrected chi connectivity index (χ0v) is 16.3. The van der Waals surface area contributed by atoms with Crippen LogP contribution in [0, 0.1) is 13.8 Å². The summed E-state index contributed by atoms with van der Waals surface area (Å²) in [6, 6.07) is 15.8. The van der Waals surface area contributed by atoms with Gasteiger partial charge < -0.3 is 4.90 Å². The van der Waals surface area contributed by atoms with Crippen LogP contribution < -0.4 is 4.90 Å². The van der Waals surface area contributed by atoms with Crippen LogP contribution in [0.5, 0.6) is 0 Å². The number of aryl methyl sites for hydroxylation is 2. The Bertz CT molecular complexity index is 1170. The molecule has 0 N–H and O–H groups in total. The van der Waals surface area contributed by atoms with Gasteiger partial charge in [-0.1, -0.05) is 35.4 Å². The van der Waals surface area contributed by atoms with Gasteiger partial charge in [0.15, 0.2) is 0 Å². The molecular formula is C21H17ClN2OS. The van der Waals surface area contributed by atoms with Crippen molar-refractivity contribution < 1.29 is 4.79 Å². The summed E-state index contributed by atoms with van der Waals surface area (Å²) < 4.78 is 1.00. The van der Waals surface area contributed by atoms with E-state index in [2.05, 4.69) is 11.1 Å². The second-order valence-corrected chi connectivity index (χ2v) is 7.89. The maximum atomic E-state index is 13.0. The molecule has 0 bridgehead atoms. The molecule has 4 rings (SSSR count). The van der Waals surface area contributed by atoms with Crippen molar-refractivity contribution in [1.29, 1.82) is 0 Å². The van der Waals surface area contributed by atoms with Crippen LogP contribution in [0.2, 0.25) is 5.15 Å². The molecule has 0 atom stereocenters. The average Bonchev–Trinajstić information content (AvgIpc) is 3.07. The number of anilines is 1. The number of amides is 1. The van der Waals surface area contributed by atoms with Crippen LogP contribution >= 0.6 is 22.9 Å². The predicted molar refractivity (Wildman–Crippen MR) is 111 cm³/mol. The Morgan fingerprint density at radius 2 is 1.81 bits per heavy atom. The number of nitrogens with zero attached hydrogens (tertiary/aromatic N) is 2. The molecule has 2 heterocycles. The zero-order valence-electron chi connectivity index (χ0n) is 14.7. The van der Waals surface area contributed by atoms with E-state index in [4.69, 9.17) is 11.6 Å². The summed E-state index contributed by atoms with van der Waals surface area (Å²) in [5, 5.41) is 2.30. The van der Waals surface area contributed by atoms with Gasteiger partial charge in [0.1, 0.15) is 5.15 Å². The van der Waals surface area contributed by atoms with Gasteiger partial charge in [-0.3, -0.25) is 4.79 Å². The summed E-state index contributed by atoms with van der Waals surface area (Å²) in [5.41, 5.74) is 3.99. The molecule has 4 aromatic rings. The molecule has 1 amide bonds. The number of carbonyl (C=O) groups is 1. The number of thiophene rings is 1. The van der Waals surface area contributed by atoms with Crippen LogP contribution in [0.1, 0.15) is 20.8 Å². The lowest BCUT2D eigenvalue weighted by molar-refractivity contribution is 0.0997. The molecule has 0 aliphatic rings. The molecular weight excluding hydrogens is 364 g/mol. The second kappa shape index (κ2) is 6.38. The Kier molecular flexibility index (Phi) is 4.17. The highest BCUT2D eigenvalue weighted by Crippen LogP contribution is 2.36. The monoisotopic (exact) mass is 380 g/mol. The highest BCUT2D eigenvalue weighted by atomic mass is 35.5. The van der Waals surface area contributed by atoms with Gasteiger partial charge in [0.25, 0.3) is 5.91 Å². The summed E-state index contributed by atoms with van der Waals surface area (Å²) in [4.78, 5) is 19.8. The molecule has 0 aliphatic carbocycles. The lowest BCUT2D eigenvalue weighted by Crippen LogP contribution is -2.25. The van der Waals surface area contributed by atoms with Crippen LogP contribution in [0.3, 0.4) is 0 Å². The minimum Gasteiger partial charge on any atom is -0.311 e. The highest BCUT2D eigenvalue weighted by Gasteiger charge is 2.19. The summed E-state index contributed by atoms with van der Waals surface area (Å²) in [6.45, 7) is 4.06. The number of hydrogen-bond donors (Lipinski definition) is 0. The molecule has 0 saturated carbocycles. The molecule has 0 fully saturated rings. The van der Waals surface area contributed by atoms with E-state index >= 15 is 0 Å². The third-order valence-corrected chi connectivity index (χ3v) is 5.92. The lowest BCUT2D eigenvalue weighted by atomic mass is 10.1. The highest BCUT2D eigenvalue weighted by molar-refractivity contribution is 7.22. The van der Waals surface area contributed by atoms with Crippen LogP contribution in [0.4, 0.5) is 5.69 Å². The summed E-state index contributed by atoms with van der Waals surface area (Å²) >= 11 is 7.85. The number of halogens is 1. The van der Waals surface area contributed by atoms with Crippen molar-refractivity contribution in [2.45, 2.75) is 13.8 Å². The lowest BCUT2D eigenvalue weighted by Gasteiger charge is -2.16. The zero-order chi connectivity index (χ0) is 18.4. The molecule has 130 valence electrons. The number of pyridine rings is 1. The van der Waals surface area contributed by atoms with Crippen molar-refractivity contribution in [3.8, 4) is 0 Å². The van der Waals surface area contributed by atoms with Gasteiger partial charge in [-0.05, 0) is 49.7 Å². The second-order valence-electron chi connectivity index (χ2n) is 6.48. The van der Waals surface area contributed by atoms with Gasteiger partial charge in [0.05, 0.1) is 10.4 Å². The van der Waals surface area contributed by atoms with Gasteiger partial charge in [0.2, 0.25) is 0 Å². The fourth-order valence-corrected chi connectivity index (χ4v) is 4.52. The first-order valence-electron chi connectivity index (χ1n) is 8.28. The first-order valence-corrected chi connectivity index (χ1v) is 9.47. The standard InChI is InChI=1S/C21H17ClN2OS/c1-12-5-4-6-14(9-12)24(3)21(25)18-11-16-19(26-18)15-10-13(2)7-8-17(15)23-20(16)22/h4-11H,1-3H3. The molecule has 3 nitrogen and oxygen atoms in total. The quantitative estimate of drug-likeness (QED) is 0.400. The van der Waals surface area contributed by atoms with E-state index in [0.29, 0.717) is 10.0 Å². The molecule has 0 unspecified atom stereocenters. The molecule has 5 heteroatoms. The van der Waals surface area contributed by atoms with Crippen LogP contribution in [0.25, 0.3) is 21.0 Å². The van der Waals surface area contributed by atoms with Crippen molar-refractivity contribution in [1.82, 2.24) is 4.98 Å². The van der Waals surface area contributed by atoms with Crippen LogP contribution in [-0.4, -0.2) is 17.9 Å². The number of rotatable bonds is 2. The Morgan fingerprint density at radius 3 is 2.58 bits per heavy atom. The van der Waals surface area contributed by atoms with Crippen molar-refractivity contribution >= 4 is 55.5 Å². The topological polar surface area (TPSA) is 33.2 Å². The molecule has 0 saturated heterocycles. The Hall–Kier alpha value is -2.43. The number of carbonyl (C=O) groups excluding carboxylic acids is 1. The van der Waals surface area contributed by atoms with E-state index in [-0.39, 0.29) is 5.91 Å². The van der Waals surface area contributed by atoms with E-state index < -0.39 is 0 Å². The number of fused-ring (bicyclic) bond motifs is 3. The number of hydrogen-bond acceptors (Lipinski definition) is 3. The van der Waals surface area contributed by atoms with Crippen molar-refractivity contribution in [2.24, 2.45) is 0 Å². The third-order valence-electron chi connectivity index (χ3n) is 4.47. The molecule has 2 aromatic carbocycles. The first-order chi connectivity index (χ1) is 12.4. The Balaban J connectivity index is 1.84. The Morgan fingerprint density at radius 1 is 1.04 bits per heavy atom. The van der Waals surface area contributed by atoms with E-state index in [1.807, 2.05) is 56.3 Å². The van der Waals surface area contributed by atoms with Gasteiger partial charge in [-0.25, -0.2) is 4.98 Å². The van der Waals surface area contributed by atoms with Crippen LogP contribution in [0.15, 0.2) is 48.5 Å². The molecule has 0 aliphatic heterocycles. The van der Waals surface area contributed by atoms with Gasteiger partial charge in [-0.15, -0.1) is 11.3 Å². The smallest absolute Gasteiger partial charge is 0.268 e. The van der Waals surface area contributed by atoms with E-state index in [0.717, 1.165) is 37.8 Å². The van der Waals surface area contributed by atoms with Crippen molar-refractivity contribution in [3.63, 3.8) is 0 Å². The normalized spacial score (nSPS) is 11.2. The summed E-state index contributed by atoms with van der Waals surface area (Å²) in [7, 11) is 1.80. The minimum absolute atomic E-state index is 0.0475. The maximum absolute atomic E-state index is 13.0. The van der Waals surface area contributed by atoms with E-state index in [9.17, 15) is 4.79 Å². The van der Waals surface area contributed by atoms with E-state index in [1.165, 1.54) is 11.3 Å². The minimum atomic E-state index is -0.0475. The first kappa shape index (κ1) is 17.0. The van der Waals surface area contributed by atoms with Gasteiger partial charge in [-0.2, -0.15) is 0 Å². The third kappa shape index (κ3) is 2.85. The number of benzene rings is 2. The van der Waals surface area contributed by atoms with Gasteiger partial charge >= 0.3 is 0 Å². The largest absolute Gasteiger partial charge is 0.311 e. The summed E-state index contributed by atoms with van der Waals surface area (Å²) in [6.07, 6.45) is 0. The molecule has 0 radical (unpaired) electrons. The molecule has 0 spiro atoms. The molecule has 2 aromatic heterocycles. The summed E-state index contributed by atoms with van der Waals surface area (Å²) in [5.74, 6) is -0.0475. The van der Waals surface area contributed by atoms with E-state index in [1.54, 1.807) is 11.9 Å².